The number of benzene rings is 1. The molecule has 0 unspecified atom stereocenters. The van der Waals surface area contributed by atoms with Crippen LogP contribution in [-0.4, -0.2) is 5.11 Å². The van der Waals surface area contributed by atoms with Gasteiger partial charge in [-0.05, 0) is 12.1 Å². The quantitative estimate of drug-likeness (QED) is 0.937. The van der Waals surface area contributed by atoms with Gasteiger partial charge in [-0.3, -0.25) is 4.79 Å². The minimum absolute atomic E-state index is 0.0349. The van der Waals surface area contributed by atoms with Crippen LogP contribution in [0.5, 0.6) is 5.75 Å². The standard InChI is InChI=1S/C13H10BrFO4/c14-10-2-1-3-11(15)9(10)6-19-13-7-18-8(5-16)4-12(13)17/h1-4,7,16H,5-6H2. The molecule has 0 saturated carbocycles. The van der Waals surface area contributed by atoms with Gasteiger partial charge in [-0.2, -0.15) is 0 Å². The molecule has 0 aliphatic rings. The van der Waals surface area contributed by atoms with Crippen molar-refractivity contribution in [1.82, 2.24) is 0 Å². The van der Waals surface area contributed by atoms with Crippen molar-refractivity contribution in [3.05, 3.63) is 62.4 Å². The largest absolute Gasteiger partial charge is 0.482 e. The molecule has 0 bridgehead atoms. The molecule has 0 fully saturated rings. The topological polar surface area (TPSA) is 59.7 Å². The monoisotopic (exact) mass is 328 g/mol. The highest BCUT2D eigenvalue weighted by Crippen LogP contribution is 2.21. The number of halogens is 2. The Morgan fingerprint density at radius 2 is 2.21 bits per heavy atom. The van der Waals surface area contributed by atoms with Crippen molar-refractivity contribution in [2.45, 2.75) is 13.2 Å². The van der Waals surface area contributed by atoms with E-state index in [0.717, 1.165) is 12.3 Å². The first kappa shape index (κ1) is 13.8. The van der Waals surface area contributed by atoms with Gasteiger partial charge in [0.15, 0.2) is 0 Å². The van der Waals surface area contributed by atoms with E-state index in [1.807, 2.05) is 0 Å². The molecule has 6 heteroatoms. The van der Waals surface area contributed by atoms with Crippen molar-refractivity contribution in [3.63, 3.8) is 0 Å². The lowest BCUT2D eigenvalue weighted by Crippen LogP contribution is -2.09. The third kappa shape index (κ3) is 3.21. The van der Waals surface area contributed by atoms with Crippen LogP contribution in [0.1, 0.15) is 11.3 Å². The molecular formula is C13H10BrFO4. The van der Waals surface area contributed by atoms with Crippen molar-refractivity contribution < 1.29 is 18.7 Å². The number of aliphatic hydroxyl groups is 1. The number of hydrogen-bond acceptors (Lipinski definition) is 4. The molecule has 2 aromatic rings. The molecular weight excluding hydrogens is 319 g/mol. The second kappa shape index (κ2) is 5.99. The van der Waals surface area contributed by atoms with Gasteiger partial charge in [0.25, 0.3) is 0 Å². The van der Waals surface area contributed by atoms with Crippen LogP contribution in [0.4, 0.5) is 4.39 Å². The van der Waals surface area contributed by atoms with Crippen molar-refractivity contribution in [1.29, 1.82) is 0 Å². The third-order valence-corrected chi connectivity index (χ3v) is 3.18. The van der Waals surface area contributed by atoms with Crippen LogP contribution >= 0.6 is 15.9 Å². The highest BCUT2D eigenvalue weighted by molar-refractivity contribution is 9.10. The van der Waals surface area contributed by atoms with Crippen LogP contribution < -0.4 is 10.2 Å². The predicted molar refractivity (Wildman–Crippen MR) is 69.3 cm³/mol. The first-order valence-electron chi connectivity index (χ1n) is 5.40. The fraction of sp³-hybridized carbons (Fsp3) is 0.154. The Kier molecular flexibility index (Phi) is 4.34. The van der Waals surface area contributed by atoms with Gasteiger partial charge in [0.2, 0.25) is 11.2 Å². The Labute approximate surface area is 116 Å². The van der Waals surface area contributed by atoms with E-state index in [1.54, 1.807) is 12.1 Å². The molecule has 100 valence electrons. The highest BCUT2D eigenvalue weighted by Gasteiger charge is 2.09. The van der Waals surface area contributed by atoms with Gasteiger partial charge >= 0.3 is 0 Å². The van der Waals surface area contributed by atoms with Crippen LogP contribution in [0.2, 0.25) is 0 Å². The van der Waals surface area contributed by atoms with Gasteiger partial charge in [-0.15, -0.1) is 0 Å². The molecule has 0 atom stereocenters. The lowest BCUT2D eigenvalue weighted by atomic mass is 10.2. The first-order chi connectivity index (χ1) is 9.11. The highest BCUT2D eigenvalue weighted by atomic mass is 79.9. The maximum atomic E-state index is 13.5. The van der Waals surface area contributed by atoms with Gasteiger partial charge in [0.05, 0.1) is 0 Å². The summed E-state index contributed by atoms with van der Waals surface area (Å²) in [4.78, 5) is 11.6. The molecule has 2 rings (SSSR count). The zero-order chi connectivity index (χ0) is 13.8. The average molecular weight is 329 g/mol. The second-order valence-corrected chi connectivity index (χ2v) is 4.58. The van der Waals surface area contributed by atoms with Gasteiger partial charge in [-0.1, -0.05) is 22.0 Å². The summed E-state index contributed by atoms with van der Waals surface area (Å²) >= 11 is 3.21. The fourth-order valence-electron chi connectivity index (χ4n) is 1.45. The molecule has 1 aromatic heterocycles. The minimum Gasteiger partial charge on any atom is -0.482 e. The summed E-state index contributed by atoms with van der Waals surface area (Å²) in [5, 5.41) is 8.80. The van der Waals surface area contributed by atoms with Crippen molar-refractivity contribution in [2.24, 2.45) is 0 Å². The lowest BCUT2D eigenvalue weighted by molar-refractivity contribution is 0.235. The summed E-state index contributed by atoms with van der Waals surface area (Å²) in [5.74, 6) is -0.317. The third-order valence-electron chi connectivity index (χ3n) is 2.44. The molecule has 0 spiro atoms. The van der Waals surface area contributed by atoms with E-state index in [2.05, 4.69) is 15.9 Å². The molecule has 1 heterocycles. The Morgan fingerprint density at radius 3 is 2.84 bits per heavy atom. The summed E-state index contributed by atoms with van der Waals surface area (Å²) in [5.41, 5.74) is -0.115. The van der Waals surface area contributed by atoms with Gasteiger partial charge in [0.1, 0.15) is 31.1 Å². The summed E-state index contributed by atoms with van der Waals surface area (Å²) in [6, 6.07) is 5.68. The molecule has 0 amide bonds. The Morgan fingerprint density at radius 1 is 1.42 bits per heavy atom. The number of hydrogen-bond donors (Lipinski definition) is 1. The zero-order valence-corrected chi connectivity index (χ0v) is 11.3. The lowest BCUT2D eigenvalue weighted by Gasteiger charge is -2.08. The van der Waals surface area contributed by atoms with E-state index in [4.69, 9.17) is 14.3 Å². The summed E-state index contributed by atoms with van der Waals surface area (Å²) in [6.45, 7) is -0.467. The molecule has 0 radical (unpaired) electrons. The number of rotatable bonds is 4. The van der Waals surface area contributed by atoms with Gasteiger partial charge in [0, 0.05) is 16.1 Å². The summed E-state index contributed by atoms with van der Waals surface area (Å²) < 4.78 is 24.3. The summed E-state index contributed by atoms with van der Waals surface area (Å²) in [7, 11) is 0. The SMILES string of the molecule is O=c1cc(CO)occ1OCc1c(F)cccc1Br. The zero-order valence-electron chi connectivity index (χ0n) is 9.73. The number of ether oxygens (including phenoxy) is 1. The Balaban J connectivity index is 2.17. The first-order valence-corrected chi connectivity index (χ1v) is 6.19. The van der Waals surface area contributed by atoms with Gasteiger partial charge < -0.3 is 14.3 Å². The van der Waals surface area contributed by atoms with Gasteiger partial charge in [-0.25, -0.2) is 4.39 Å². The normalized spacial score (nSPS) is 10.5. The molecule has 1 N–H and O–H groups in total. The molecule has 0 aliphatic carbocycles. The summed E-state index contributed by atoms with van der Waals surface area (Å²) in [6.07, 6.45) is 1.10. The van der Waals surface area contributed by atoms with E-state index in [1.165, 1.54) is 6.07 Å². The fourth-order valence-corrected chi connectivity index (χ4v) is 1.90. The van der Waals surface area contributed by atoms with Crippen molar-refractivity contribution in [3.8, 4) is 5.75 Å². The van der Waals surface area contributed by atoms with E-state index in [9.17, 15) is 9.18 Å². The predicted octanol–water partition coefficient (Wildman–Crippen LogP) is 2.61. The minimum atomic E-state index is -0.428. The van der Waals surface area contributed by atoms with Crippen LogP contribution in [-0.2, 0) is 13.2 Å². The second-order valence-electron chi connectivity index (χ2n) is 3.72. The van der Waals surface area contributed by atoms with E-state index < -0.39 is 11.2 Å². The maximum Gasteiger partial charge on any atom is 0.227 e. The molecule has 1 aromatic carbocycles. The maximum absolute atomic E-state index is 13.5. The molecule has 0 saturated heterocycles. The van der Waals surface area contributed by atoms with E-state index in [0.29, 0.717) is 10.0 Å². The Hall–Kier alpha value is -1.66. The smallest absolute Gasteiger partial charge is 0.227 e. The molecule has 0 aliphatic heterocycles. The number of aliphatic hydroxyl groups excluding tert-OH is 1. The van der Waals surface area contributed by atoms with Crippen LogP contribution in [0.15, 0.2) is 44.2 Å². The van der Waals surface area contributed by atoms with Crippen molar-refractivity contribution >= 4 is 15.9 Å². The van der Waals surface area contributed by atoms with Crippen LogP contribution in [0, 0.1) is 5.82 Å². The van der Waals surface area contributed by atoms with E-state index >= 15 is 0 Å². The van der Waals surface area contributed by atoms with E-state index in [-0.39, 0.29) is 24.7 Å². The molecule has 19 heavy (non-hydrogen) atoms. The van der Waals surface area contributed by atoms with Crippen molar-refractivity contribution in [2.75, 3.05) is 0 Å². The average Bonchev–Trinajstić information content (AvgIpc) is 2.39. The molecule has 4 nitrogen and oxygen atoms in total. The Bertz CT molecular complexity index is 619. The van der Waals surface area contributed by atoms with Crippen LogP contribution in [0.25, 0.3) is 0 Å². The van der Waals surface area contributed by atoms with Crippen LogP contribution in [0.3, 0.4) is 0 Å².